The van der Waals surface area contributed by atoms with Gasteiger partial charge in [-0.3, -0.25) is 9.69 Å². The number of nitrogens with zero attached hydrogens (tertiary/aromatic N) is 1. The first kappa shape index (κ1) is 24.7. The van der Waals surface area contributed by atoms with E-state index in [4.69, 9.17) is 14.2 Å². The van der Waals surface area contributed by atoms with Gasteiger partial charge in [-0.1, -0.05) is 40.2 Å². The van der Waals surface area contributed by atoms with E-state index in [0.29, 0.717) is 25.9 Å². The zero-order valence-electron chi connectivity index (χ0n) is 19.5. The lowest BCUT2D eigenvalue weighted by Crippen LogP contribution is -2.56. The number of cyclic esters (lactones) is 2. The largest absolute Gasteiger partial charge is 0.459 e. The molecule has 0 aromatic rings. The molecule has 9 heteroatoms. The number of carbonyl (C=O) groups excluding carboxylic acids is 3. The van der Waals surface area contributed by atoms with Crippen molar-refractivity contribution in [1.82, 2.24) is 4.90 Å². The Labute approximate surface area is 188 Å². The van der Waals surface area contributed by atoms with Crippen LogP contribution >= 0.6 is 0 Å². The van der Waals surface area contributed by atoms with E-state index in [1.807, 2.05) is 6.08 Å². The van der Waals surface area contributed by atoms with E-state index in [-0.39, 0.29) is 12.6 Å². The topological polar surface area (TPSA) is 123 Å². The zero-order valence-corrected chi connectivity index (χ0v) is 19.5. The number of ether oxygens (including phenoxy) is 3. The summed E-state index contributed by atoms with van der Waals surface area (Å²) in [5, 5.41) is 22.4. The van der Waals surface area contributed by atoms with Crippen LogP contribution in [0.15, 0.2) is 11.6 Å². The van der Waals surface area contributed by atoms with Crippen LogP contribution in [0.3, 0.4) is 0 Å². The number of carbonyl (C=O) groups is 3. The van der Waals surface area contributed by atoms with Crippen molar-refractivity contribution < 1.29 is 38.8 Å². The summed E-state index contributed by atoms with van der Waals surface area (Å²) in [7, 11) is 0. The molecule has 3 rings (SSSR count). The van der Waals surface area contributed by atoms with E-state index in [1.54, 1.807) is 27.7 Å². The lowest BCUT2D eigenvalue weighted by Gasteiger charge is -2.37. The van der Waals surface area contributed by atoms with E-state index in [0.717, 1.165) is 5.57 Å². The van der Waals surface area contributed by atoms with Crippen molar-refractivity contribution in [1.29, 1.82) is 0 Å². The van der Waals surface area contributed by atoms with Crippen molar-refractivity contribution in [3.05, 3.63) is 11.6 Å². The number of hydrogen-bond donors (Lipinski definition) is 2. The minimum Gasteiger partial charge on any atom is -0.459 e. The summed E-state index contributed by atoms with van der Waals surface area (Å²) >= 11 is 0. The Kier molecular flexibility index (Phi) is 7.02. The van der Waals surface area contributed by atoms with Crippen LogP contribution in [0.5, 0.6) is 0 Å². The Morgan fingerprint density at radius 3 is 2.47 bits per heavy atom. The molecule has 32 heavy (non-hydrogen) atoms. The summed E-state index contributed by atoms with van der Waals surface area (Å²) in [6, 6.07) is -0.271. The average molecular weight is 454 g/mol. The Morgan fingerprint density at radius 1 is 1.16 bits per heavy atom. The van der Waals surface area contributed by atoms with Gasteiger partial charge in [0, 0.05) is 13.1 Å². The highest BCUT2D eigenvalue weighted by molar-refractivity contribution is 5.87. The van der Waals surface area contributed by atoms with Gasteiger partial charge in [-0.25, -0.2) is 9.59 Å². The first-order valence-electron chi connectivity index (χ1n) is 11.4. The van der Waals surface area contributed by atoms with E-state index in [1.165, 1.54) is 6.92 Å². The third-order valence-corrected chi connectivity index (χ3v) is 7.37. The summed E-state index contributed by atoms with van der Waals surface area (Å²) in [5.74, 6) is -3.83. The van der Waals surface area contributed by atoms with Crippen LogP contribution in [0, 0.1) is 11.8 Å². The van der Waals surface area contributed by atoms with Crippen LogP contribution in [0.25, 0.3) is 0 Å². The lowest BCUT2D eigenvalue weighted by atomic mass is 9.83. The molecule has 6 atom stereocenters. The van der Waals surface area contributed by atoms with Gasteiger partial charge in [0.2, 0.25) is 5.60 Å². The van der Waals surface area contributed by atoms with Gasteiger partial charge in [0.15, 0.2) is 5.60 Å². The molecule has 2 saturated heterocycles. The van der Waals surface area contributed by atoms with Crippen molar-refractivity contribution in [3.63, 3.8) is 0 Å². The minimum absolute atomic E-state index is 0.0701. The highest BCUT2D eigenvalue weighted by atomic mass is 16.6. The molecule has 0 radical (unpaired) electrons. The van der Waals surface area contributed by atoms with Crippen LogP contribution in [0.2, 0.25) is 0 Å². The van der Waals surface area contributed by atoms with E-state index < -0.39 is 59.6 Å². The maximum absolute atomic E-state index is 13.1. The zero-order chi connectivity index (χ0) is 23.8. The molecule has 180 valence electrons. The van der Waals surface area contributed by atoms with Gasteiger partial charge in [0.25, 0.3) is 0 Å². The fraction of sp³-hybridized carbons (Fsp3) is 0.783. The molecule has 0 saturated carbocycles. The standard InChI is InChI=1S/C23H35NO8/c1-6-14(4)22(28)11-18(25)31-15(5)23(29,13(2)3)21(27)30-12-16-7-9-24-10-8-17(19(16)24)32-20(22)26/h7,13-15,17,19,28-29H,6,8-12H2,1-5H3/t14-,15+,17+,19-,22-,23-/m0/s1. The van der Waals surface area contributed by atoms with Gasteiger partial charge in [-0.2, -0.15) is 0 Å². The van der Waals surface area contributed by atoms with Crippen LogP contribution in [-0.4, -0.2) is 82.2 Å². The Morgan fingerprint density at radius 2 is 1.84 bits per heavy atom. The van der Waals surface area contributed by atoms with Crippen LogP contribution < -0.4 is 0 Å². The van der Waals surface area contributed by atoms with Gasteiger partial charge in [-0.05, 0) is 30.8 Å². The van der Waals surface area contributed by atoms with Gasteiger partial charge < -0.3 is 24.4 Å². The molecule has 0 spiro atoms. The maximum Gasteiger partial charge on any atom is 0.342 e. The van der Waals surface area contributed by atoms with Crippen LogP contribution in [0.4, 0.5) is 0 Å². The van der Waals surface area contributed by atoms with Crippen molar-refractivity contribution in [2.45, 2.75) is 83.3 Å². The third-order valence-electron chi connectivity index (χ3n) is 7.37. The summed E-state index contributed by atoms with van der Waals surface area (Å²) in [4.78, 5) is 40.9. The second-order valence-electron chi connectivity index (χ2n) is 9.55. The van der Waals surface area contributed by atoms with Gasteiger partial charge in [0.05, 0.1) is 12.5 Å². The van der Waals surface area contributed by atoms with Crippen molar-refractivity contribution >= 4 is 17.9 Å². The second kappa shape index (κ2) is 9.11. The summed E-state index contributed by atoms with van der Waals surface area (Å²) in [6.45, 7) is 9.38. The van der Waals surface area contributed by atoms with Gasteiger partial charge in [-0.15, -0.1) is 0 Å². The first-order valence-corrected chi connectivity index (χ1v) is 11.4. The predicted octanol–water partition coefficient (Wildman–Crippen LogP) is 0.955. The van der Waals surface area contributed by atoms with E-state index in [9.17, 15) is 24.6 Å². The molecule has 9 nitrogen and oxygen atoms in total. The molecule has 0 aliphatic carbocycles. The average Bonchev–Trinajstić information content (AvgIpc) is 3.32. The molecular formula is C23H35NO8. The molecule has 3 aliphatic rings. The fourth-order valence-electron chi connectivity index (χ4n) is 4.84. The molecular weight excluding hydrogens is 418 g/mol. The monoisotopic (exact) mass is 453 g/mol. The highest BCUT2D eigenvalue weighted by Gasteiger charge is 2.52. The minimum atomic E-state index is -2.08. The second-order valence-corrected chi connectivity index (χ2v) is 9.55. The Bertz CT molecular complexity index is 795. The van der Waals surface area contributed by atoms with Crippen molar-refractivity contribution in [3.8, 4) is 0 Å². The van der Waals surface area contributed by atoms with Crippen molar-refractivity contribution in [2.75, 3.05) is 19.7 Å². The number of hydrogen-bond acceptors (Lipinski definition) is 9. The first-order chi connectivity index (χ1) is 14.9. The summed E-state index contributed by atoms with van der Waals surface area (Å²) in [6.07, 6.45) is 0.502. The number of aliphatic hydroxyl groups is 2. The van der Waals surface area contributed by atoms with Gasteiger partial charge >= 0.3 is 17.9 Å². The molecule has 0 unspecified atom stereocenters. The van der Waals surface area contributed by atoms with E-state index >= 15 is 0 Å². The number of esters is 3. The molecule has 3 aliphatic heterocycles. The molecule has 2 fully saturated rings. The SMILES string of the molecule is CC[C@H](C)[C@@]1(O)CC(=O)O[C@H](C)[C@@](O)(C(C)C)C(=O)OCC2=CCN3CC[C@@H](OC1=O)[C@H]23. The molecule has 0 aromatic heterocycles. The van der Waals surface area contributed by atoms with E-state index in [2.05, 4.69) is 4.90 Å². The predicted molar refractivity (Wildman–Crippen MR) is 113 cm³/mol. The quantitative estimate of drug-likeness (QED) is 0.365. The Balaban J connectivity index is 1.99. The highest BCUT2D eigenvalue weighted by Crippen LogP contribution is 2.35. The smallest absolute Gasteiger partial charge is 0.342 e. The fourth-order valence-corrected chi connectivity index (χ4v) is 4.84. The van der Waals surface area contributed by atoms with Crippen LogP contribution in [0.1, 0.15) is 53.9 Å². The molecule has 3 heterocycles. The van der Waals surface area contributed by atoms with Crippen molar-refractivity contribution in [2.24, 2.45) is 11.8 Å². The normalized spacial score (nSPS) is 37.8. The maximum atomic E-state index is 13.1. The summed E-state index contributed by atoms with van der Waals surface area (Å²) in [5.41, 5.74) is -3.38. The number of rotatable bonds is 3. The molecule has 2 N–H and O–H groups in total. The lowest BCUT2D eigenvalue weighted by molar-refractivity contribution is -0.200. The Hall–Kier alpha value is -1.97. The van der Waals surface area contributed by atoms with Crippen LogP contribution in [-0.2, 0) is 28.6 Å². The molecule has 0 aromatic carbocycles. The molecule has 0 bridgehead atoms. The third kappa shape index (κ3) is 4.18. The molecule has 0 amide bonds. The summed E-state index contributed by atoms with van der Waals surface area (Å²) < 4.78 is 16.6. The van der Waals surface area contributed by atoms with Gasteiger partial charge in [0.1, 0.15) is 18.8 Å².